The Balaban J connectivity index is 1.35. The minimum Gasteiger partial charge on any atom is -0.395 e. The number of aliphatic imine (C=N–C) groups is 4. The first-order chi connectivity index (χ1) is 30.7. The van der Waals surface area contributed by atoms with Gasteiger partial charge in [0, 0.05) is 48.9 Å². The van der Waals surface area contributed by atoms with Crippen LogP contribution in [0.5, 0.6) is 0 Å². The van der Waals surface area contributed by atoms with Crippen LogP contribution in [0.3, 0.4) is 0 Å². The number of nitrogens with one attached hydrogen (secondary N) is 6. The smallest absolute Gasteiger partial charge is 0.313 e. The van der Waals surface area contributed by atoms with Gasteiger partial charge in [-0.15, -0.1) is 0 Å². The molecule has 0 bridgehead atoms. The van der Waals surface area contributed by atoms with Gasteiger partial charge in [-0.25, -0.2) is 9.98 Å². The van der Waals surface area contributed by atoms with E-state index in [0.717, 1.165) is 12.1 Å². The van der Waals surface area contributed by atoms with Crippen molar-refractivity contribution < 1.29 is 46.4 Å². The molecule has 2 atom stereocenters. The topological polar surface area (TPSA) is 318 Å². The Morgan fingerprint density at radius 1 is 0.516 bits per heavy atom. The number of rotatable bonds is 20. The summed E-state index contributed by atoms with van der Waals surface area (Å²) in [6.07, 6.45) is 5.14. The van der Waals surface area contributed by atoms with Crippen LogP contribution in [-0.4, -0.2) is 145 Å². The lowest BCUT2D eigenvalue weighted by molar-refractivity contribution is 0.209. The second kappa shape index (κ2) is 20.7. The molecule has 4 aromatic rings. The molecule has 4 aromatic carbocycles. The van der Waals surface area contributed by atoms with Gasteiger partial charge in [0.15, 0.2) is 0 Å². The fourth-order valence-electron chi connectivity index (χ4n) is 6.53. The number of aliphatic hydroxyl groups excluding tert-OH is 4. The highest BCUT2D eigenvalue weighted by Gasteiger charge is 2.35. The van der Waals surface area contributed by atoms with Gasteiger partial charge < -0.3 is 62.1 Å². The number of aliphatic hydroxyl groups is 4. The van der Waals surface area contributed by atoms with E-state index >= 15 is 0 Å². The molecule has 2 unspecified atom stereocenters. The summed E-state index contributed by atoms with van der Waals surface area (Å²) >= 11 is 0. The molecule has 0 spiro atoms. The van der Waals surface area contributed by atoms with Gasteiger partial charge in [0.1, 0.15) is 9.79 Å². The van der Waals surface area contributed by atoms with E-state index in [0.29, 0.717) is 11.4 Å². The fourth-order valence-corrected chi connectivity index (χ4v) is 7.95. The molecule has 0 fully saturated rings. The van der Waals surface area contributed by atoms with Crippen molar-refractivity contribution in [1.82, 2.24) is 20.4 Å². The highest BCUT2D eigenvalue weighted by Crippen LogP contribution is 2.31. The molecule has 0 aromatic heterocycles. The fraction of sp³-hybridized carbons (Fsp3) is 0.250. The number of hydrogen-bond acceptors (Lipinski definition) is 20. The third kappa shape index (κ3) is 12.1. The van der Waals surface area contributed by atoms with E-state index in [1.54, 1.807) is 70.5 Å². The third-order valence-electron chi connectivity index (χ3n) is 9.35. The SMILES string of the molecule is O=S(=O)(O)c1cc(NC2(Nc3ccccc3)N=CNC(N(CCO)CCO)=N2)ccc1C=Cc1ccc(NC2(Nc3ccccc3)N=CNC(N(CCO)CCO)=N2)cc1S(=O)(=O)O. The lowest BCUT2D eigenvalue weighted by Gasteiger charge is -2.35. The van der Waals surface area contributed by atoms with E-state index in [4.69, 9.17) is 9.98 Å². The van der Waals surface area contributed by atoms with E-state index in [-0.39, 0.29) is 87.0 Å². The first-order valence-corrected chi connectivity index (χ1v) is 22.4. The normalized spacial score (nSPS) is 18.3. The van der Waals surface area contributed by atoms with Crippen molar-refractivity contribution >= 4 is 79.7 Å². The minimum absolute atomic E-state index is 0.0658. The summed E-state index contributed by atoms with van der Waals surface area (Å²) in [6, 6.07) is 25.6. The second-order valence-electron chi connectivity index (χ2n) is 13.9. The van der Waals surface area contributed by atoms with Gasteiger partial charge in [-0.2, -0.15) is 26.8 Å². The van der Waals surface area contributed by atoms with Crippen molar-refractivity contribution in [3.8, 4) is 0 Å². The second-order valence-corrected chi connectivity index (χ2v) is 16.7. The van der Waals surface area contributed by atoms with Crippen LogP contribution in [0, 0.1) is 0 Å². The quantitative estimate of drug-likeness (QED) is 0.0336. The molecule has 2 heterocycles. The first kappa shape index (κ1) is 46.9. The Morgan fingerprint density at radius 2 is 0.859 bits per heavy atom. The van der Waals surface area contributed by atoms with E-state index in [9.17, 15) is 46.4 Å². The zero-order valence-corrected chi connectivity index (χ0v) is 35.7. The zero-order chi connectivity index (χ0) is 45.8. The number of anilines is 4. The molecule has 0 aliphatic carbocycles. The largest absolute Gasteiger partial charge is 0.395 e. The maximum atomic E-state index is 12.9. The van der Waals surface area contributed by atoms with Crippen LogP contribution in [0.4, 0.5) is 22.7 Å². The maximum Gasteiger partial charge on any atom is 0.313 e. The highest BCUT2D eigenvalue weighted by atomic mass is 32.2. The molecule has 12 N–H and O–H groups in total. The van der Waals surface area contributed by atoms with Gasteiger partial charge in [-0.1, -0.05) is 60.7 Å². The van der Waals surface area contributed by atoms with Gasteiger partial charge in [-0.05, 0) is 59.7 Å². The molecule has 0 saturated heterocycles. The predicted molar refractivity (Wildman–Crippen MR) is 244 cm³/mol. The standard InChI is InChI=1S/C40H48N12O10S2/c53-21-17-51(18-22-54)37-41-27-43-39(49-37,45-31-7-3-1-4-8-31)47-33-15-13-29(35(25-33)63(57,58)59)11-12-30-14-16-34(26-36(30)64(60,61)62)48-40(46-32-9-5-2-6-10-32)44-28-42-38(50-40)52(19-23-55)20-24-56/h1-16,25-28,45-48,53-56H,17-24H2,(H,41,43,49)(H,42,44,50)(H,57,58,59)(H,60,61,62). The van der Waals surface area contributed by atoms with Crippen LogP contribution in [0.15, 0.2) is 127 Å². The predicted octanol–water partition coefficient (Wildman–Crippen LogP) is 1.17. The average Bonchev–Trinajstić information content (AvgIpc) is 3.26. The van der Waals surface area contributed by atoms with Crippen LogP contribution in [0.2, 0.25) is 0 Å². The first-order valence-electron chi connectivity index (χ1n) is 19.6. The van der Waals surface area contributed by atoms with Crippen LogP contribution < -0.4 is 31.9 Å². The maximum absolute atomic E-state index is 12.9. The van der Waals surface area contributed by atoms with Crippen molar-refractivity contribution in [1.29, 1.82) is 0 Å². The van der Waals surface area contributed by atoms with E-state index in [1.807, 2.05) is 0 Å². The molecule has 64 heavy (non-hydrogen) atoms. The Morgan fingerprint density at radius 3 is 1.19 bits per heavy atom. The minimum atomic E-state index is -4.94. The van der Waals surface area contributed by atoms with Crippen LogP contribution in [0.1, 0.15) is 11.1 Å². The van der Waals surface area contributed by atoms with Crippen molar-refractivity contribution in [3.05, 3.63) is 108 Å². The Bertz CT molecular complexity index is 2430. The lowest BCUT2D eigenvalue weighted by Crippen LogP contribution is -2.53. The number of benzene rings is 4. The molecule has 6 rings (SSSR count). The van der Waals surface area contributed by atoms with Crippen LogP contribution in [-0.2, 0) is 20.2 Å². The van der Waals surface area contributed by atoms with Gasteiger partial charge in [-0.3, -0.25) is 9.11 Å². The molecular weight excluding hydrogens is 873 g/mol. The number of guanidine groups is 2. The van der Waals surface area contributed by atoms with E-state index < -0.39 is 41.8 Å². The van der Waals surface area contributed by atoms with Crippen molar-refractivity contribution in [2.24, 2.45) is 20.0 Å². The van der Waals surface area contributed by atoms with Gasteiger partial charge in [0.25, 0.3) is 20.2 Å². The summed E-state index contributed by atoms with van der Waals surface area (Å²) in [6.45, 7) is -0.567. The molecule has 2 aliphatic rings. The molecule has 24 heteroatoms. The molecule has 22 nitrogen and oxygen atoms in total. The van der Waals surface area contributed by atoms with Crippen molar-refractivity contribution in [2.75, 3.05) is 73.9 Å². The molecule has 2 aliphatic heterocycles. The Kier molecular flexibility index (Phi) is 15.1. The molecule has 340 valence electrons. The highest BCUT2D eigenvalue weighted by molar-refractivity contribution is 7.86. The third-order valence-corrected chi connectivity index (χ3v) is 11.2. The Labute approximate surface area is 369 Å². The van der Waals surface area contributed by atoms with Crippen LogP contribution in [0.25, 0.3) is 12.2 Å². The molecule has 0 saturated carbocycles. The monoisotopic (exact) mass is 920 g/mol. The zero-order valence-electron chi connectivity index (χ0n) is 34.0. The summed E-state index contributed by atoms with van der Waals surface area (Å²) in [5, 5.41) is 56.9. The van der Waals surface area contributed by atoms with Crippen molar-refractivity contribution in [2.45, 2.75) is 21.6 Å². The van der Waals surface area contributed by atoms with Gasteiger partial charge >= 0.3 is 11.8 Å². The summed E-state index contributed by atoms with van der Waals surface area (Å²) in [7, 11) is -9.88. The molecular formula is C40H48N12O10S2. The number of hydrogen-bond donors (Lipinski definition) is 12. The lowest BCUT2D eigenvalue weighted by atomic mass is 10.1. The Hall–Kier alpha value is -6.64. The molecule has 0 amide bonds. The average molecular weight is 921 g/mol. The summed E-state index contributed by atoms with van der Waals surface area (Å²) in [5.74, 6) is -3.02. The van der Waals surface area contributed by atoms with Gasteiger partial charge in [0.05, 0.1) is 39.1 Å². The van der Waals surface area contributed by atoms with E-state index in [1.165, 1.54) is 49.1 Å². The van der Waals surface area contributed by atoms with Crippen LogP contribution >= 0.6 is 0 Å². The summed E-state index contributed by atoms with van der Waals surface area (Å²) in [5.41, 5.74) is 1.21. The van der Waals surface area contributed by atoms with Gasteiger partial charge in [0.2, 0.25) is 11.9 Å². The van der Waals surface area contributed by atoms with Crippen molar-refractivity contribution in [3.63, 3.8) is 0 Å². The summed E-state index contributed by atoms with van der Waals surface area (Å²) < 4.78 is 72.3. The summed E-state index contributed by atoms with van der Waals surface area (Å²) in [4.78, 5) is 20.3. The van der Waals surface area contributed by atoms with E-state index in [2.05, 4.69) is 41.9 Å². The number of para-hydroxylation sites is 2. The molecule has 0 radical (unpaired) electrons. The number of nitrogens with zero attached hydrogens (tertiary/aromatic N) is 6.